The standard InChI is InChI=1S/C20H17ClN4O/c1-2-13-8-14-11-23-20(25-19(14)18(21)9-13)24-15-4-3-5-16(10-15)26-17-6-7-22-12-17/h1,3-5,8-11,17,22H,6-7,12H2,(H,23,24,25)/t17-/m1/s1. The van der Waals surface area contributed by atoms with Crippen molar-refractivity contribution < 1.29 is 4.74 Å². The molecule has 0 unspecified atom stereocenters. The van der Waals surface area contributed by atoms with Gasteiger partial charge < -0.3 is 15.4 Å². The Balaban J connectivity index is 1.57. The van der Waals surface area contributed by atoms with Crippen molar-refractivity contribution in [2.75, 3.05) is 18.4 Å². The first-order valence-electron chi connectivity index (χ1n) is 8.38. The zero-order valence-corrected chi connectivity index (χ0v) is 14.8. The summed E-state index contributed by atoms with van der Waals surface area (Å²) in [6.45, 7) is 1.87. The van der Waals surface area contributed by atoms with Crippen molar-refractivity contribution in [1.29, 1.82) is 0 Å². The van der Waals surface area contributed by atoms with Crippen LogP contribution in [0, 0.1) is 12.3 Å². The van der Waals surface area contributed by atoms with E-state index in [0.29, 0.717) is 22.1 Å². The van der Waals surface area contributed by atoms with Gasteiger partial charge in [-0.1, -0.05) is 23.6 Å². The summed E-state index contributed by atoms with van der Waals surface area (Å²) < 4.78 is 5.99. The van der Waals surface area contributed by atoms with Crippen LogP contribution < -0.4 is 15.4 Å². The minimum absolute atomic E-state index is 0.214. The lowest BCUT2D eigenvalue weighted by Gasteiger charge is -2.13. The number of nitrogens with zero attached hydrogens (tertiary/aromatic N) is 2. The van der Waals surface area contributed by atoms with Gasteiger partial charge in [0.1, 0.15) is 11.9 Å². The highest BCUT2D eigenvalue weighted by Crippen LogP contribution is 2.26. The third-order valence-electron chi connectivity index (χ3n) is 4.21. The Labute approximate surface area is 156 Å². The molecule has 5 nitrogen and oxygen atoms in total. The van der Waals surface area contributed by atoms with Gasteiger partial charge in [-0.3, -0.25) is 0 Å². The van der Waals surface area contributed by atoms with Gasteiger partial charge in [-0.25, -0.2) is 9.97 Å². The molecule has 2 N–H and O–H groups in total. The van der Waals surface area contributed by atoms with Crippen LogP contribution in [0.2, 0.25) is 5.02 Å². The molecule has 6 heteroatoms. The maximum absolute atomic E-state index is 6.30. The van der Waals surface area contributed by atoms with E-state index in [9.17, 15) is 0 Å². The highest BCUT2D eigenvalue weighted by atomic mass is 35.5. The molecule has 1 saturated heterocycles. The van der Waals surface area contributed by atoms with Crippen LogP contribution in [-0.4, -0.2) is 29.2 Å². The molecule has 1 atom stereocenters. The smallest absolute Gasteiger partial charge is 0.227 e. The van der Waals surface area contributed by atoms with Crippen molar-refractivity contribution in [2.45, 2.75) is 12.5 Å². The van der Waals surface area contributed by atoms with E-state index in [1.807, 2.05) is 30.3 Å². The predicted molar refractivity (Wildman–Crippen MR) is 104 cm³/mol. The van der Waals surface area contributed by atoms with Crippen molar-refractivity contribution in [3.05, 3.63) is 53.2 Å². The first kappa shape index (κ1) is 16.6. The number of nitrogens with one attached hydrogen (secondary N) is 2. The zero-order chi connectivity index (χ0) is 17.9. The molecule has 0 amide bonds. The zero-order valence-electron chi connectivity index (χ0n) is 14.0. The maximum atomic E-state index is 6.30. The van der Waals surface area contributed by atoms with Crippen molar-refractivity contribution >= 4 is 34.1 Å². The quantitative estimate of drug-likeness (QED) is 0.690. The van der Waals surface area contributed by atoms with Crippen LogP contribution in [0.5, 0.6) is 5.75 Å². The number of hydrogen-bond donors (Lipinski definition) is 2. The van der Waals surface area contributed by atoms with Crippen LogP contribution in [0.4, 0.5) is 11.6 Å². The van der Waals surface area contributed by atoms with Gasteiger partial charge in [0.05, 0.1) is 10.5 Å². The molecule has 0 saturated carbocycles. The average Bonchev–Trinajstić information content (AvgIpc) is 3.15. The number of rotatable bonds is 4. The molecule has 26 heavy (non-hydrogen) atoms. The Morgan fingerprint density at radius 2 is 2.23 bits per heavy atom. The molecule has 3 aromatic rings. The maximum Gasteiger partial charge on any atom is 0.227 e. The Bertz CT molecular complexity index is 993. The number of aromatic nitrogens is 2. The molecule has 130 valence electrons. The Morgan fingerprint density at radius 1 is 1.31 bits per heavy atom. The number of hydrogen-bond acceptors (Lipinski definition) is 5. The molecular formula is C20H17ClN4O. The fourth-order valence-corrected chi connectivity index (χ4v) is 3.21. The molecule has 1 aromatic heterocycles. The van der Waals surface area contributed by atoms with Crippen LogP contribution >= 0.6 is 11.6 Å². The summed E-state index contributed by atoms with van der Waals surface area (Å²) in [6, 6.07) is 11.3. The Kier molecular flexibility index (Phi) is 4.61. The van der Waals surface area contributed by atoms with E-state index < -0.39 is 0 Å². The van der Waals surface area contributed by atoms with E-state index in [-0.39, 0.29) is 6.10 Å². The highest BCUT2D eigenvalue weighted by molar-refractivity contribution is 6.35. The van der Waals surface area contributed by atoms with E-state index >= 15 is 0 Å². The fourth-order valence-electron chi connectivity index (χ4n) is 2.94. The van der Waals surface area contributed by atoms with Gasteiger partial charge >= 0.3 is 0 Å². The monoisotopic (exact) mass is 364 g/mol. The van der Waals surface area contributed by atoms with Crippen molar-refractivity contribution in [2.24, 2.45) is 0 Å². The molecule has 1 aliphatic heterocycles. The summed E-state index contributed by atoms with van der Waals surface area (Å²) in [5.74, 6) is 3.86. The second-order valence-electron chi connectivity index (χ2n) is 6.12. The molecule has 1 aliphatic rings. The van der Waals surface area contributed by atoms with E-state index in [1.54, 1.807) is 12.3 Å². The number of fused-ring (bicyclic) bond motifs is 1. The first-order valence-corrected chi connectivity index (χ1v) is 8.76. The molecule has 0 radical (unpaired) electrons. The van der Waals surface area contributed by atoms with Crippen molar-refractivity contribution in [3.8, 4) is 18.1 Å². The number of terminal acetylenes is 1. The van der Waals surface area contributed by atoms with E-state index in [1.165, 1.54) is 0 Å². The summed E-state index contributed by atoms with van der Waals surface area (Å²) >= 11 is 6.30. The van der Waals surface area contributed by atoms with Gasteiger partial charge in [-0.2, -0.15) is 0 Å². The van der Waals surface area contributed by atoms with Crippen molar-refractivity contribution in [1.82, 2.24) is 15.3 Å². The van der Waals surface area contributed by atoms with Gasteiger partial charge in [0.25, 0.3) is 0 Å². The number of ether oxygens (including phenoxy) is 1. The summed E-state index contributed by atoms with van der Waals surface area (Å²) in [4.78, 5) is 8.86. The summed E-state index contributed by atoms with van der Waals surface area (Å²) in [5.41, 5.74) is 2.22. The fraction of sp³-hybridized carbons (Fsp3) is 0.200. The van der Waals surface area contributed by atoms with Gasteiger partial charge in [-0.15, -0.1) is 6.42 Å². The molecule has 0 spiro atoms. The van der Waals surface area contributed by atoms with E-state index in [0.717, 1.165) is 36.3 Å². The average molecular weight is 365 g/mol. The molecule has 4 rings (SSSR count). The third kappa shape index (κ3) is 3.57. The predicted octanol–water partition coefficient (Wildman–Crippen LogP) is 3.75. The minimum Gasteiger partial charge on any atom is -0.489 e. The number of halogens is 1. The molecule has 2 aromatic carbocycles. The minimum atomic E-state index is 0.214. The van der Waals surface area contributed by atoms with E-state index in [4.69, 9.17) is 22.8 Å². The topological polar surface area (TPSA) is 59.1 Å². The van der Waals surface area contributed by atoms with Crippen LogP contribution in [0.15, 0.2) is 42.6 Å². The lowest BCUT2D eigenvalue weighted by molar-refractivity contribution is 0.223. The lowest BCUT2D eigenvalue weighted by atomic mass is 10.1. The molecule has 1 fully saturated rings. The first-order chi connectivity index (χ1) is 12.7. The largest absolute Gasteiger partial charge is 0.489 e. The normalized spacial score (nSPS) is 16.4. The second-order valence-corrected chi connectivity index (χ2v) is 6.53. The molecular weight excluding hydrogens is 348 g/mol. The highest BCUT2D eigenvalue weighted by Gasteiger charge is 2.16. The van der Waals surface area contributed by atoms with Crippen LogP contribution in [-0.2, 0) is 0 Å². The third-order valence-corrected chi connectivity index (χ3v) is 4.50. The summed E-state index contributed by atoms with van der Waals surface area (Å²) in [6.07, 6.45) is 8.38. The van der Waals surface area contributed by atoms with Crippen LogP contribution in [0.1, 0.15) is 12.0 Å². The summed E-state index contributed by atoms with van der Waals surface area (Å²) in [5, 5.41) is 7.81. The van der Waals surface area contributed by atoms with Gasteiger partial charge in [0, 0.05) is 35.4 Å². The lowest BCUT2D eigenvalue weighted by Crippen LogP contribution is -2.19. The molecule has 2 heterocycles. The number of anilines is 2. The SMILES string of the molecule is C#Cc1cc(Cl)c2nc(Nc3cccc(O[C@@H]4CCNC4)c3)ncc2c1. The van der Waals surface area contributed by atoms with Gasteiger partial charge in [0.15, 0.2) is 0 Å². The van der Waals surface area contributed by atoms with Gasteiger partial charge in [0.2, 0.25) is 5.95 Å². The Morgan fingerprint density at radius 3 is 3.04 bits per heavy atom. The molecule has 0 aliphatic carbocycles. The second kappa shape index (κ2) is 7.20. The number of benzene rings is 2. The van der Waals surface area contributed by atoms with Crippen LogP contribution in [0.3, 0.4) is 0 Å². The molecule has 0 bridgehead atoms. The van der Waals surface area contributed by atoms with Crippen LogP contribution in [0.25, 0.3) is 10.9 Å². The Hall–Kier alpha value is -2.81. The summed E-state index contributed by atoms with van der Waals surface area (Å²) in [7, 11) is 0. The van der Waals surface area contributed by atoms with Gasteiger partial charge in [-0.05, 0) is 37.2 Å². The van der Waals surface area contributed by atoms with Crippen molar-refractivity contribution in [3.63, 3.8) is 0 Å². The van der Waals surface area contributed by atoms with E-state index in [2.05, 4.69) is 26.5 Å².